The number of aryl methyl sites for hydroxylation is 1. The largest absolute Gasteiger partial charge is 0.381 e. The number of nitrogens with zero attached hydrogens (tertiary/aromatic N) is 2. The summed E-state index contributed by atoms with van der Waals surface area (Å²) < 4.78 is 31.8. The van der Waals surface area contributed by atoms with Gasteiger partial charge in [-0.3, -0.25) is 9.10 Å². The summed E-state index contributed by atoms with van der Waals surface area (Å²) in [5, 5.41) is 3.02. The minimum atomic E-state index is -3.45. The van der Waals surface area contributed by atoms with Gasteiger partial charge in [-0.25, -0.2) is 13.4 Å². The zero-order chi connectivity index (χ0) is 22.2. The van der Waals surface area contributed by atoms with Crippen LogP contribution in [0.15, 0.2) is 30.5 Å². The van der Waals surface area contributed by atoms with E-state index < -0.39 is 15.3 Å². The van der Waals surface area contributed by atoms with E-state index in [-0.39, 0.29) is 11.7 Å². The lowest BCUT2D eigenvalue weighted by Gasteiger charge is -2.23. The third kappa shape index (κ3) is 4.56. The number of hydrogen-bond donors (Lipinski definition) is 1. The van der Waals surface area contributed by atoms with Gasteiger partial charge < -0.3 is 10.1 Å². The van der Waals surface area contributed by atoms with Crippen LogP contribution in [0.3, 0.4) is 0 Å². The molecule has 1 unspecified atom stereocenters. The molecule has 2 aromatic rings. The van der Waals surface area contributed by atoms with Gasteiger partial charge in [0.25, 0.3) is 5.91 Å². The van der Waals surface area contributed by atoms with Crippen molar-refractivity contribution in [2.24, 2.45) is 0 Å². The first-order chi connectivity index (χ1) is 14.8. The first-order valence-electron chi connectivity index (χ1n) is 10.4. The van der Waals surface area contributed by atoms with E-state index in [1.165, 1.54) is 10.5 Å². The van der Waals surface area contributed by atoms with Crippen LogP contribution in [0.2, 0.25) is 5.02 Å². The number of carbonyl (C=O) groups is 1. The Balaban J connectivity index is 1.58. The number of halogens is 1. The Morgan fingerprint density at radius 3 is 2.61 bits per heavy atom. The van der Waals surface area contributed by atoms with Gasteiger partial charge in [0.15, 0.2) is 0 Å². The van der Waals surface area contributed by atoms with Crippen molar-refractivity contribution in [2.75, 3.05) is 29.4 Å². The van der Waals surface area contributed by atoms with Crippen molar-refractivity contribution in [3.63, 3.8) is 0 Å². The van der Waals surface area contributed by atoms with E-state index in [1.54, 1.807) is 26.0 Å². The average Bonchev–Trinajstić information content (AvgIpc) is 3.01. The van der Waals surface area contributed by atoms with Gasteiger partial charge >= 0.3 is 0 Å². The summed E-state index contributed by atoms with van der Waals surface area (Å²) in [6, 6.07) is 7.14. The quantitative estimate of drug-likeness (QED) is 0.736. The van der Waals surface area contributed by atoms with Gasteiger partial charge in [0, 0.05) is 42.2 Å². The van der Waals surface area contributed by atoms with E-state index in [0.29, 0.717) is 40.7 Å². The number of ether oxygens (including phenoxy) is 1. The van der Waals surface area contributed by atoms with Crippen molar-refractivity contribution in [3.8, 4) is 0 Å². The maximum atomic E-state index is 13.1. The number of carbonyl (C=O) groups excluding carboxylic acids is 1. The van der Waals surface area contributed by atoms with E-state index in [4.69, 9.17) is 16.3 Å². The third-order valence-electron chi connectivity index (χ3n) is 6.01. The number of benzene rings is 1. The van der Waals surface area contributed by atoms with Crippen LogP contribution in [0.25, 0.3) is 0 Å². The summed E-state index contributed by atoms with van der Waals surface area (Å²) in [5.41, 5.74) is 2.74. The highest BCUT2D eigenvalue weighted by molar-refractivity contribution is 7.93. The lowest BCUT2D eigenvalue weighted by molar-refractivity contribution is 0.0853. The summed E-state index contributed by atoms with van der Waals surface area (Å²) in [6.45, 7) is 5.26. The maximum absolute atomic E-state index is 13.1. The number of hydrogen-bond acceptors (Lipinski definition) is 5. The molecule has 4 rings (SSSR count). The number of nitrogens with one attached hydrogen (secondary N) is 1. The minimum Gasteiger partial charge on any atom is -0.381 e. The van der Waals surface area contributed by atoms with Gasteiger partial charge in [0.05, 0.1) is 5.25 Å². The van der Waals surface area contributed by atoms with Crippen LogP contribution in [0.4, 0.5) is 11.5 Å². The fourth-order valence-electron chi connectivity index (χ4n) is 4.08. The summed E-state index contributed by atoms with van der Waals surface area (Å²) in [7, 11) is -3.45. The zero-order valence-electron chi connectivity index (χ0n) is 17.6. The molecule has 2 aliphatic rings. The molecular formula is C22H26ClN3O4S. The molecule has 2 saturated heterocycles. The van der Waals surface area contributed by atoms with Crippen LogP contribution in [0.1, 0.15) is 53.6 Å². The van der Waals surface area contributed by atoms with Gasteiger partial charge in [-0.2, -0.15) is 0 Å². The number of anilines is 2. The monoisotopic (exact) mass is 463 g/mol. The number of amides is 1. The lowest BCUT2D eigenvalue weighted by atomic mass is 9.91. The van der Waals surface area contributed by atoms with Crippen LogP contribution in [-0.2, 0) is 14.8 Å². The third-order valence-corrected chi connectivity index (χ3v) is 8.47. The van der Waals surface area contributed by atoms with Crippen LogP contribution < -0.4 is 9.62 Å². The summed E-state index contributed by atoms with van der Waals surface area (Å²) >= 11 is 6.32. The summed E-state index contributed by atoms with van der Waals surface area (Å²) in [5.74, 6) is 0.291. The van der Waals surface area contributed by atoms with Gasteiger partial charge in [-0.1, -0.05) is 11.6 Å². The zero-order valence-corrected chi connectivity index (χ0v) is 19.2. The molecule has 31 heavy (non-hydrogen) atoms. The minimum absolute atomic E-state index is 0.272. The smallest absolute Gasteiger partial charge is 0.256 e. The van der Waals surface area contributed by atoms with Crippen molar-refractivity contribution < 1.29 is 17.9 Å². The standard InChI is InChI=1S/C22H26ClN3O4S/c1-14-13-24-21(26-6-3-15(2)31(26,28)29)12-20(14)22(27)25-19-10-17(9-18(23)11-19)16-4-7-30-8-5-16/h9-13,15-16H,3-8H2,1-2H3,(H,25,27). The fraction of sp³-hybridized carbons (Fsp3) is 0.455. The number of sulfonamides is 1. The lowest BCUT2D eigenvalue weighted by Crippen LogP contribution is -2.29. The predicted octanol–water partition coefficient (Wildman–Crippen LogP) is 4.12. The molecule has 0 spiro atoms. The molecule has 2 aliphatic heterocycles. The predicted molar refractivity (Wildman–Crippen MR) is 122 cm³/mol. The highest BCUT2D eigenvalue weighted by Crippen LogP contribution is 2.32. The Morgan fingerprint density at radius 2 is 1.94 bits per heavy atom. The Hall–Kier alpha value is -2.16. The molecule has 1 aromatic heterocycles. The number of pyridine rings is 1. The Bertz CT molecular complexity index is 1100. The molecule has 1 N–H and O–H groups in total. The van der Waals surface area contributed by atoms with Crippen LogP contribution in [-0.4, -0.2) is 44.3 Å². The molecule has 0 saturated carbocycles. The van der Waals surface area contributed by atoms with E-state index in [0.717, 1.165) is 31.6 Å². The molecule has 1 amide bonds. The molecule has 3 heterocycles. The molecule has 0 bridgehead atoms. The summed E-state index contributed by atoms with van der Waals surface area (Å²) in [4.78, 5) is 17.3. The molecule has 9 heteroatoms. The highest BCUT2D eigenvalue weighted by Gasteiger charge is 2.36. The van der Waals surface area contributed by atoms with Crippen molar-refractivity contribution >= 4 is 39.0 Å². The van der Waals surface area contributed by atoms with Gasteiger partial charge in [-0.05, 0) is 74.4 Å². The highest BCUT2D eigenvalue weighted by atomic mass is 35.5. The Labute approximate surface area is 187 Å². The number of aromatic nitrogens is 1. The van der Waals surface area contributed by atoms with Crippen LogP contribution in [0, 0.1) is 6.92 Å². The SMILES string of the molecule is Cc1cnc(N2CCC(C)S2(=O)=O)cc1C(=O)Nc1cc(Cl)cc(C2CCOCC2)c1. The van der Waals surface area contributed by atoms with Crippen molar-refractivity contribution in [3.05, 3.63) is 52.2 Å². The fourth-order valence-corrected chi connectivity index (χ4v) is 5.88. The molecule has 2 fully saturated rings. The second-order valence-corrected chi connectivity index (χ2v) is 10.9. The first kappa shape index (κ1) is 22.0. The topological polar surface area (TPSA) is 88.6 Å². The van der Waals surface area contributed by atoms with E-state index in [1.807, 2.05) is 12.1 Å². The maximum Gasteiger partial charge on any atom is 0.256 e. The molecular weight excluding hydrogens is 438 g/mol. The van der Waals surface area contributed by atoms with Crippen molar-refractivity contribution in [1.29, 1.82) is 0 Å². The van der Waals surface area contributed by atoms with E-state index >= 15 is 0 Å². The second-order valence-electron chi connectivity index (χ2n) is 8.19. The first-order valence-corrected chi connectivity index (χ1v) is 12.3. The van der Waals surface area contributed by atoms with Gasteiger partial charge in [-0.15, -0.1) is 0 Å². The van der Waals surface area contributed by atoms with Crippen molar-refractivity contribution in [2.45, 2.75) is 44.3 Å². The average molecular weight is 464 g/mol. The molecule has 166 valence electrons. The van der Waals surface area contributed by atoms with E-state index in [2.05, 4.69) is 10.3 Å². The van der Waals surface area contributed by atoms with Gasteiger partial charge in [0.1, 0.15) is 5.82 Å². The van der Waals surface area contributed by atoms with Crippen molar-refractivity contribution in [1.82, 2.24) is 4.98 Å². The Kier molecular flexibility index (Phi) is 6.23. The van der Waals surface area contributed by atoms with E-state index in [9.17, 15) is 13.2 Å². The van der Waals surface area contributed by atoms with Crippen LogP contribution >= 0.6 is 11.6 Å². The number of rotatable bonds is 4. The Morgan fingerprint density at radius 1 is 1.19 bits per heavy atom. The summed E-state index contributed by atoms with van der Waals surface area (Å²) in [6.07, 6.45) is 3.91. The molecule has 1 atom stereocenters. The second kappa shape index (κ2) is 8.76. The van der Waals surface area contributed by atoms with Gasteiger partial charge in [0.2, 0.25) is 10.0 Å². The molecule has 0 aliphatic carbocycles. The van der Waals surface area contributed by atoms with Crippen LogP contribution in [0.5, 0.6) is 0 Å². The molecule has 0 radical (unpaired) electrons. The normalized spacial score (nSPS) is 21.3. The molecule has 1 aromatic carbocycles. The molecule has 7 nitrogen and oxygen atoms in total.